The monoisotopic (exact) mass is 504 g/mol. The number of halogens is 1. The number of aliphatic imine (C=N–C) groups is 1. The van der Waals surface area contributed by atoms with E-state index in [4.69, 9.17) is 9.47 Å². The van der Waals surface area contributed by atoms with Crippen molar-refractivity contribution in [3.63, 3.8) is 0 Å². The Labute approximate surface area is 188 Å². The van der Waals surface area contributed by atoms with E-state index in [0.29, 0.717) is 24.7 Å². The fourth-order valence-corrected chi connectivity index (χ4v) is 2.53. The number of rotatable bonds is 7. The maximum Gasteiger partial charge on any atom is 0.219 e. The average molecular weight is 504 g/mol. The minimum Gasteiger partial charge on any atom is -0.497 e. The lowest BCUT2D eigenvalue weighted by molar-refractivity contribution is 0.412. The molecule has 0 radical (unpaired) electrons. The maximum absolute atomic E-state index is 5.74. The van der Waals surface area contributed by atoms with Gasteiger partial charge in [0.1, 0.15) is 11.5 Å². The van der Waals surface area contributed by atoms with Gasteiger partial charge in [-0.2, -0.15) is 0 Å². The molecule has 0 saturated heterocycles. The predicted molar refractivity (Wildman–Crippen MR) is 126 cm³/mol. The molecular weight excluding hydrogens is 479 g/mol. The molecule has 1 aromatic heterocycles. The molecular formula is C22H25IN4O2. The Balaban J connectivity index is 0.00000300. The molecule has 0 saturated carbocycles. The zero-order valence-electron chi connectivity index (χ0n) is 16.5. The topological polar surface area (TPSA) is 67.8 Å². The van der Waals surface area contributed by atoms with Crippen molar-refractivity contribution in [2.75, 3.05) is 14.2 Å². The molecule has 0 aliphatic rings. The number of nitrogens with zero attached hydrogens (tertiary/aromatic N) is 2. The van der Waals surface area contributed by atoms with Crippen molar-refractivity contribution in [2.45, 2.75) is 13.1 Å². The molecule has 0 aliphatic heterocycles. The van der Waals surface area contributed by atoms with Crippen LogP contribution in [0.3, 0.4) is 0 Å². The van der Waals surface area contributed by atoms with E-state index in [0.717, 1.165) is 17.3 Å². The molecule has 2 aromatic carbocycles. The number of nitrogens with one attached hydrogen (secondary N) is 2. The number of ether oxygens (including phenoxy) is 2. The summed E-state index contributed by atoms with van der Waals surface area (Å²) in [5.41, 5.74) is 2.23. The Morgan fingerprint density at radius 2 is 1.52 bits per heavy atom. The van der Waals surface area contributed by atoms with E-state index >= 15 is 0 Å². The van der Waals surface area contributed by atoms with Gasteiger partial charge < -0.3 is 20.1 Å². The SMILES string of the molecule is CN=C(NCc1ccccc1)NCc1ccc(Oc2ccc(OC)cc2)nc1.I. The predicted octanol–water partition coefficient (Wildman–Crippen LogP) is 4.37. The Morgan fingerprint density at radius 3 is 2.10 bits per heavy atom. The van der Waals surface area contributed by atoms with E-state index in [1.165, 1.54) is 5.56 Å². The van der Waals surface area contributed by atoms with Crippen molar-refractivity contribution in [2.24, 2.45) is 4.99 Å². The molecule has 0 bridgehead atoms. The van der Waals surface area contributed by atoms with Gasteiger partial charge in [0, 0.05) is 32.4 Å². The van der Waals surface area contributed by atoms with E-state index in [2.05, 4.69) is 32.7 Å². The number of aromatic nitrogens is 1. The molecule has 29 heavy (non-hydrogen) atoms. The van der Waals surface area contributed by atoms with Crippen LogP contribution in [0.25, 0.3) is 0 Å². The summed E-state index contributed by atoms with van der Waals surface area (Å²) in [6.45, 7) is 1.33. The molecule has 0 atom stereocenters. The Kier molecular flexibility index (Phi) is 9.23. The van der Waals surface area contributed by atoms with Gasteiger partial charge in [-0.1, -0.05) is 36.4 Å². The number of guanidine groups is 1. The Hall–Kier alpha value is -2.81. The van der Waals surface area contributed by atoms with E-state index < -0.39 is 0 Å². The molecule has 0 unspecified atom stereocenters. The van der Waals surface area contributed by atoms with Gasteiger partial charge in [0.2, 0.25) is 5.88 Å². The molecule has 3 aromatic rings. The van der Waals surface area contributed by atoms with Gasteiger partial charge in [-0.25, -0.2) is 4.98 Å². The van der Waals surface area contributed by atoms with Crippen molar-refractivity contribution in [3.8, 4) is 17.4 Å². The Morgan fingerprint density at radius 1 is 0.862 bits per heavy atom. The van der Waals surface area contributed by atoms with E-state index in [-0.39, 0.29) is 24.0 Å². The van der Waals surface area contributed by atoms with Crippen molar-refractivity contribution < 1.29 is 9.47 Å². The Bertz CT molecular complexity index is 885. The first-order chi connectivity index (χ1) is 13.8. The van der Waals surface area contributed by atoms with E-state index in [1.807, 2.05) is 54.6 Å². The molecule has 7 heteroatoms. The molecule has 3 rings (SSSR count). The highest BCUT2D eigenvalue weighted by molar-refractivity contribution is 14.0. The minimum absolute atomic E-state index is 0. The van der Waals surface area contributed by atoms with Crippen LogP contribution in [0, 0.1) is 0 Å². The summed E-state index contributed by atoms with van der Waals surface area (Å²) >= 11 is 0. The third kappa shape index (κ3) is 7.26. The first-order valence-electron chi connectivity index (χ1n) is 9.02. The van der Waals surface area contributed by atoms with Gasteiger partial charge in [0.25, 0.3) is 0 Å². The minimum atomic E-state index is 0. The highest BCUT2D eigenvalue weighted by Crippen LogP contribution is 2.22. The molecule has 0 amide bonds. The van der Waals surface area contributed by atoms with Crippen LogP contribution in [0.5, 0.6) is 17.4 Å². The summed E-state index contributed by atoms with van der Waals surface area (Å²) in [5, 5.41) is 6.57. The van der Waals surface area contributed by atoms with Crippen molar-refractivity contribution in [1.82, 2.24) is 15.6 Å². The number of hydrogen-bond acceptors (Lipinski definition) is 4. The summed E-state index contributed by atoms with van der Waals surface area (Å²) in [5.74, 6) is 2.78. The summed E-state index contributed by atoms with van der Waals surface area (Å²) < 4.78 is 10.9. The fourth-order valence-electron chi connectivity index (χ4n) is 2.53. The summed E-state index contributed by atoms with van der Waals surface area (Å²) in [6, 6.07) is 21.4. The maximum atomic E-state index is 5.74. The van der Waals surface area contributed by atoms with Gasteiger partial charge in [-0.05, 0) is 35.4 Å². The zero-order chi connectivity index (χ0) is 19.6. The van der Waals surface area contributed by atoms with Gasteiger partial charge in [-0.15, -0.1) is 24.0 Å². The van der Waals surface area contributed by atoms with Crippen molar-refractivity contribution >= 4 is 29.9 Å². The number of hydrogen-bond donors (Lipinski definition) is 2. The van der Waals surface area contributed by atoms with Crippen molar-refractivity contribution in [1.29, 1.82) is 0 Å². The molecule has 0 fully saturated rings. The third-order valence-electron chi connectivity index (χ3n) is 4.07. The standard InChI is InChI=1S/C22H24N4O2.HI/c1-23-22(25-14-17-6-4-3-5-7-17)26-16-18-8-13-21(24-15-18)28-20-11-9-19(27-2)10-12-20;/h3-13,15H,14,16H2,1-2H3,(H2,23,25,26);1H. The van der Waals surface area contributed by atoms with Crippen LogP contribution in [0.4, 0.5) is 0 Å². The molecule has 0 aliphatic carbocycles. The van der Waals surface area contributed by atoms with Crippen LogP contribution < -0.4 is 20.1 Å². The first-order valence-corrected chi connectivity index (χ1v) is 9.02. The quantitative estimate of drug-likeness (QED) is 0.284. The largest absolute Gasteiger partial charge is 0.497 e. The highest BCUT2D eigenvalue weighted by Gasteiger charge is 2.02. The van der Waals surface area contributed by atoms with Crippen LogP contribution in [-0.2, 0) is 13.1 Å². The number of benzene rings is 2. The second-order valence-corrected chi connectivity index (χ2v) is 6.05. The van der Waals surface area contributed by atoms with Crippen LogP contribution >= 0.6 is 24.0 Å². The van der Waals surface area contributed by atoms with Crippen LogP contribution in [-0.4, -0.2) is 25.1 Å². The lowest BCUT2D eigenvalue weighted by Gasteiger charge is -2.12. The summed E-state index contributed by atoms with van der Waals surface area (Å²) in [7, 11) is 3.39. The second kappa shape index (κ2) is 11.9. The number of methoxy groups -OCH3 is 1. The van der Waals surface area contributed by atoms with Gasteiger partial charge in [-0.3, -0.25) is 4.99 Å². The van der Waals surface area contributed by atoms with Crippen LogP contribution in [0.15, 0.2) is 77.9 Å². The van der Waals surface area contributed by atoms with Crippen molar-refractivity contribution in [3.05, 3.63) is 84.1 Å². The number of pyridine rings is 1. The highest BCUT2D eigenvalue weighted by atomic mass is 127. The molecule has 1 heterocycles. The lowest BCUT2D eigenvalue weighted by Crippen LogP contribution is -2.36. The van der Waals surface area contributed by atoms with Crippen LogP contribution in [0.1, 0.15) is 11.1 Å². The van der Waals surface area contributed by atoms with E-state index in [9.17, 15) is 0 Å². The third-order valence-corrected chi connectivity index (χ3v) is 4.07. The van der Waals surface area contributed by atoms with Crippen LogP contribution in [0.2, 0.25) is 0 Å². The molecule has 2 N–H and O–H groups in total. The van der Waals surface area contributed by atoms with Gasteiger partial charge >= 0.3 is 0 Å². The molecule has 152 valence electrons. The average Bonchev–Trinajstić information content (AvgIpc) is 2.76. The molecule has 6 nitrogen and oxygen atoms in total. The van der Waals surface area contributed by atoms with E-state index in [1.54, 1.807) is 20.4 Å². The summed E-state index contributed by atoms with van der Waals surface area (Å²) in [6.07, 6.45) is 1.79. The smallest absolute Gasteiger partial charge is 0.219 e. The van der Waals surface area contributed by atoms with Gasteiger partial charge in [0.15, 0.2) is 5.96 Å². The normalized spacial score (nSPS) is 10.6. The van der Waals surface area contributed by atoms with Gasteiger partial charge in [0.05, 0.1) is 7.11 Å². The first kappa shape index (κ1) is 22.5. The molecule has 0 spiro atoms. The zero-order valence-corrected chi connectivity index (χ0v) is 18.8. The second-order valence-electron chi connectivity index (χ2n) is 6.05. The lowest BCUT2D eigenvalue weighted by atomic mass is 10.2. The fraction of sp³-hybridized carbons (Fsp3) is 0.182. The summed E-state index contributed by atoms with van der Waals surface area (Å²) in [4.78, 5) is 8.60.